The molecule has 0 bridgehead atoms. The van der Waals surface area contributed by atoms with Crippen molar-refractivity contribution in [2.75, 3.05) is 32.2 Å². The van der Waals surface area contributed by atoms with Crippen LogP contribution in [0.4, 0.5) is 5.69 Å². The Hall–Kier alpha value is -1.26. The molecule has 0 aliphatic rings. The zero-order valence-electron chi connectivity index (χ0n) is 7.98. The van der Waals surface area contributed by atoms with Gasteiger partial charge in [-0.05, 0) is 12.1 Å². The molecule has 0 heterocycles. The van der Waals surface area contributed by atoms with Gasteiger partial charge in [-0.3, -0.25) is 0 Å². The molecule has 0 atom stereocenters. The van der Waals surface area contributed by atoms with E-state index in [1.807, 2.05) is 12.1 Å². The Labute approximate surface area is 83.3 Å². The summed E-state index contributed by atoms with van der Waals surface area (Å²) in [5.41, 5.74) is 6.25. The normalized spacial score (nSPS) is 10.1. The maximum Gasteiger partial charge on any atom is 0.121 e. The van der Waals surface area contributed by atoms with E-state index in [4.69, 9.17) is 20.3 Å². The Morgan fingerprint density at radius 2 is 2.07 bits per heavy atom. The first-order chi connectivity index (χ1) is 6.83. The number of benzene rings is 1. The van der Waals surface area contributed by atoms with E-state index in [0.29, 0.717) is 25.5 Å². The molecule has 0 aliphatic heterocycles. The van der Waals surface area contributed by atoms with Gasteiger partial charge >= 0.3 is 0 Å². The molecule has 14 heavy (non-hydrogen) atoms. The second-order valence-electron chi connectivity index (χ2n) is 2.76. The Balaban J connectivity index is 2.18. The lowest BCUT2D eigenvalue weighted by atomic mass is 10.3. The van der Waals surface area contributed by atoms with Crippen molar-refractivity contribution >= 4 is 5.69 Å². The lowest BCUT2D eigenvalue weighted by Gasteiger charge is -2.06. The summed E-state index contributed by atoms with van der Waals surface area (Å²) >= 11 is 0. The highest BCUT2D eigenvalue weighted by Crippen LogP contribution is 2.13. The number of hydrogen-bond acceptors (Lipinski definition) is 4. The molecular weight excluding hydrogens is 182 g/mol. The number of aliphatic hydroxyl groups is 1. The molecule has 0 aromatic heterocycles. The third kappa shape index (κ3) is 4.11. The fraction of sp³-hybridized carbons (Fsp3) is 0.400. The summed E-state index contributed by atoms with van der Waals surface area (Å²) in [5.74, 6) is 0.734. The fourth-order valence-electron chi connectivity index (χ4n) is 0.989. The first kappa shape index (κ1) is 10.8. The monoisotopic (exact) mass is 197 g/mol. The van der Waals surface area contributed by atoms with Crippen LogP contribution in [0.1, 0.15) is 0 Å². The van der Waals surface area contributed by atoms with Crippen molar-refractivity contribution in [3.05, 3.63) is 24.3 Å². The van der Waals surface area contributed by atoms with E-state index >= 15 is 0 Å². The third-order valence-corrected chi connectivity index (χ3v) is 1.59. The number of hydrogen-bond donors (Lipinski definition) is 2. The van der Waals surface area contributed by atoms with Gasteiger partial charge < -0.3 is 20.3 Å². The van der Waals surface area contributed by atoms with Crippen molar-refractivity contribution < 1.29 is 14.6 Å². The highest BCUT2D eigenvalue weighted by Gasteiger charge is 1.93. The molecule has 78 valence electrons. The molecule has 0 saturated heterocycles. The summed E-state index contributed by atoms with van der Waals surface area (Å²) in [6.07, 6.45) is 0. The summed E-state index contributed by atoms with van der Waals surface area (Å²) in [6, 6.07) is 7.23. The highest BCUT2D eigenvalue weighted by atomic mass is 16.5. The zero-order chi connectivity index (χ0) is 10.2. The topological polar surface area (TPSA) is 64.7 Å². The molecule has 0 saturated carbocycles. The van der Waals surface area contributed by atoms with Crippen molar-refractivity contribution in [1.82, 2.24) is 0 Å². The second kappa shape index (κ2) is 6.23. The van der Waals surface area contributed by atoms with Crippen molar-refractivity contribution in [3.8, 4) is 5.75 Å². The van der Waals surface area contributed by atoms with Gasteiger partial charge in [0.1, 0.15) is 12.4 Å². The molecule has 4 heteroatoms. The van der Waals surface area contributed by atoms with E-state index in [9.17, 15) is 0 Å². The van der Waals surface area contributed by atoms with E-state index in [1.165, 1.54) is 0 Å². The van der Waals surface area contributed by atoms with Crippen LogP contribution in [0.15, 0.2) is 24.3 Å². The molecule has 1 rings (SSSR count). The summed E-state index contributed by atoms with van der Waals surface area (Å²) < 4.78 is 10.4. The number of nitrogens with two attached hydrogens (primary N) is 1. The van der Waals surface area contributed by atoms with Gasteiger partial charge in [-0.25, -0.2) is 0 Å². The van der Waals surface area contributed by atoms with E-state index in [2.05, 4.69) is 0 Å². The van der Waals surface area contributed by atoms with Gasteiger partial charge in [-0.1, -0.05) is 6.07 Å². The van der Waals surface area contributed by atoms with Crippen molar-refractivity contribution in [2.24, 2.45) is 0 Å². The van der Waals surface area contributed by atoms with E-state index < -0.39 is 0 Å². The van der Waals surface area contributed by atoms with Gasteiger partial charge in [0, 0.05) is 11.8 Å². The molecule has 0 fully saturated rings. The summed E-state index contributed by atoms with van der Waals surface area (Å²) in [6.45, 7) is 1.32. The van der Waals surface area contributed by atoms with Gasteiger partial charge in [-0.2, -0.15) is 0 Å². The lowest BCUT2D eigenvalue weighted by Crippen LogP contribution is -2.09. The van der Waals surface area contributed by atoms with Gasteiger partial charge in [-0.15, -0.1) is 0 Å². The Bertz CT molecular complexity index is 265. The molecule has 3 N–H and O–H groups in total. The molecule has 0 aliphatic carbocycles. The van der Waals surface area contributed by atoms with E-state index in [1.54, 1.807) is 12.1 Å². The molecule has 0 amide bonds. The molecular formula is C10H15NO3. The third-order valence-electron chi connectivity index (χ3n) is 1.59. The molecule has 4 nitrogen and oxygen atoms in total. The largest absolute Gasteiger partial charge is 0.491 e. The zero-order valence-corrected chi connectivity index (χ0v) is 7.98. The van der Waals surface area contributed by atoms with Crippen molar-refractivity contribution in [1.29, 1.82) is 0 Å². The minimum Gasteiger partial charge on any atom is -0.491 e. The van der Waals surface area contributed by atoms with E-state index in [0.717, 1.165) is 5.75 Å². The first-order valence-electron chi connectivity index (χ1n) is 4.50. The number of ether oxygens (including phenoxy) is 2. The Kier molecular flexibility index (Phi) is 4.82. The maximum absolute atomic E-state index is 8.44. The van der Waals surface area contributed by atoms with Crippen LogP contribution in [0, 0.1) is 0 Å². The van der Waals surface area contributed by atoms with Crippen LogP contribution < -0.4 is 10.5 Å². The number of anilines is 1. The second-order valence-corrected chi connectivity index (χ2v) is 2.76. The average Bonchev–Trinajstić information content (AvgIpc) is 2.18. The van der Waals surface area contributed by atoms with Gasteiger partial charge in [0.05, 0.1) is 19.8 Å². The van der Waals surface area contributed by atoms with Crippen molar-refractivity contribution in [2.45, 2.75) is 0 Å². The summed E-state index contributed by atoms with van der Waals surface area (Å²) in [5, 5.41) is 8.44. The highest BCUT2D eigenvalue weighted by molar-refractivity contribution is 5.43. The van der Waals surface area contributed by atoms with Crippen LogP contribution in [0.25, 0.3) is 0 Å². The Morgan fingerprint density at radius 3 is 2.79 bits per heavy atom. The summed E-state index contributed by atoms with van der Waals surface area (Å²) in [7, 11) is 0. The van der Waals surface area contributed by atoms with Gasteiger partial charge in [0.25, 0.3) is 0 Å². The fourth-order valence-corrected chi connectivity index (χ4v) is 0.989. The SMILES string of the molecule is Nc1cccc(OCCOCCO)c1. The predicted octanol–water partition coefficient (Wildman–Crippen LogP) is 0.656. The average molecular weight is 197 g/mol. The maximum atomic E-state index is 8.44. The van der Waals surface area contributed by atoms with E-state index in [-0.39, 0.29) is 6.61 Å². The van der Waals surface area contributed by atoms with Gasteiger partial charge in [0.15, 0.2) is 0 Å². The standard InChI is InChI=1S/C10H15NO3/c11-9-2-1-3-10(8-9)14-7-6-13-5-4-12/h1-3,8,12H,4-7,11H2. The van der Waals surface area contributed by atoms with Crippen LogP contribution in [0.5, 0.6) is 5.75 Å². The molecule has 1 aromatic carbocycles. The number of rotatable bonds is 6. The number of aliphatic hydroxyl groups excluding tert-OH is 1. The number of nitrogen functional groups attached to an aromatic ring is 1. The molecule has 0 spiro atoms. The lowest BCUT2D eigenvalue weighted by molar-refractivity contribution is 0.0705. The van der Waals surface area contributed by atoms with Crippen LogP contribution in [-0.2, 0) is 4.74 Å². The van der Waals surface area contributed by atoms with Gasteiger partial charge in [0.2, 0.25) is 0 Å². The van der Waals surface area contributed by atoms with Crippen LogP contribution in [-0.4, -0.2) is 31.5 Å². The van der Waals surface area contributed by atoms with Crippen LogP contribution in [0.3, 0.4) is 0 Å². The van der Waals surface area contributed by atoms with Crippen LogP contribution >= 0.6 is 0 Å². The minimum atomic E-state index is 0.0400. The minimum absolute atomic E-state index is 0.0400. The summed E-state index contributed by atoms with van der Waals surface area (Å²) in [4.78, 5) is 0. The Morgan fingerprint density at radius 1 is 1.21 bits per heavy atom. The first-order valence-corrected chi connectivity index (χ1v) is 4.50. The van der Waals surface area contributed by atoms with Crippen molar-refractivity contribution in [3.63, 3.8) is 0 Å². The molecule has 1 aromatic rings. The van der Waals surface area contributed by atoms with Crippen LogP contribution in [0.2, 0.25) is 0 Å². The quantitative estimate of drug-likeness (QED) is 0.519. The molecule has 0 unspecified atom stereocenters. The predicted molar refractivity (Wildman–Crippen MR) is 54.3 cm³/mol. The smallest absolute Gasteiger partial charge is 0.121 e. The molecule has 0 radical (unpaired) electrons.